The first-order valence-corrected chi connectivity index (χ1v) is 8.00. The lowest BCUT2D eigenvalue weighted by Gasteiger charge is -2.32. The summed E-state index contributed by atoms with van der Waals surface area (Å²) in [6.07, 6.45) is 5.61. The summed E-state index contributed by atoms with van der Waals surface area (Å²) in [5, 5.41) is 0. The van der Waals surface area contributed by atoms with Crippen LogP contribution >= 0.6 is 0 Å². The highest BCUT2D eigenvalue weighted by Crippen LogP contribution is 2.24. The van der Waals surface area contributed by atoms with E-state index in [1.807, 2.05) is 43.3 Å². The highest BCUT2D eigenvalue weighted by molar-refractivity contribution is 5.49. The van der Waals surface area contributed by atoms with Crippen molar-refractivity contribution in [3.05, 3.63) is 36.8 Å². The number of nitrogens with zero attached hydrogens (tertiary/aromatic N) is 5. The van der Waals surface area contributed by atoms with Crippen LogP contribution in [0, 0.1) is 5.92 Å². The Kier molecular flexibility index (Phi) is 4.90. The second kappa shape index (κ2) is 7.26. The average molecular weight is 313 g/mol. The molecule has 0 amide bonds. The summed E-state index contributed by atoms with van der Waals surface area (Å²) >= 11 is 0. The van der Waals surface area contributed by atoms with Crippen molar-refractivity contribution in [1.82, 2.24) is 15.0 Å². The third kappa shape index (κ3) is 4.09. The number of pyridine rings is 1. The van der Waals surface area contributed by atoms with Gasteiger partial charge in [-0.1, -0.05) is 6.07 Å². The maximum atomic E-state index is 5.78. The molecule has 1 fully saturated rings. The minimum Gasteiger partial charge on any atom is -0.477 e. The van der Waals surface area contributed by atoms with E-state index in [9.17, 15) is 0 Å². The van der Waals surface area contributed by atoms with Crippen molar-refractivity contribution in [3.63, 3.8) is 0 Å². The summed E-state index contributed by atoms with van der Waals surface area (Å²) in [6.45, 7) is 2.73. The van der Waals surface area contributed by atoms with Gasteiger partial charge in [-0.2, -0.15) is 0 Å². The fourth-order valence-electron chi connectivity index (χ4n) is 2.72. The van der Waals surface area contributed by atoms with E-state index in [0.29, 0.717) is 11.8 Å². The number of aromatic nitrogens is 3. The molecular formula is C17H23N5O. The molecule has 122 valence electrons. The lowest BCUT2D eigenvalue weighted by Crippen LogP contribution is -2.36. The van der Waals surface area contributed by atoms with Crippen LogP contribution in [0.2, 0.25) is 0 Å². The van der Waals surface area contributed by atoms with E-state index in [1.165, 1.54) is 0 Å². The van der Waals surface area contributed by atoms with E-state index >= 15 is 0 Å². The number of anilines is 2. The molecule has 2 aromatic heterocycles. The van der Waals surface area contributed by atoms with Crippen molar-refractivity contribution in [3.8, 4) is 5.88 Å². The van der Waals surface area contributed by atoms with Gasteiger partial charge in [0.15, 0.2) is 0 Å². The van der Waals surface area contributed by atoms with Gasteiger partial charge in [-0.05, 0) is 24.8 Å². The van der Waals surface area contributed by atoms with Crippen molar-refractivity contribution < 1.29 is 4.74 Å². The minimum atomic E-state index is 0.573. The van der Waals surface area contributed by atoms with Crippen LogP contribution in [0.15, 0.2) is 36.8 Å². The highest BCUT2D eigenvalue weighted by atomic mass is 16.5. The van der Waals surface area contributed by atoms with Gasteiger partial charge in [0.1, 0.15) is 18.0 Å². The molecule has 6 nitrogen and oxygen atoms in total. The molecule has 2 aromatic rings. The topological polar surface area (TPSA) is 54.4 Å². The van der Waals surface area contributed by atoms with E-state index in [-0.39, 0.29) is 0 Å². The van der Waals surface area contributed by atoms with Gasteiger partial charge in [-0.15, -0.1) is 0 Å². The molecule has 0 aromatic carbocycles. The number of hydrogen-bond acceptors (Lipinski definition) is 6. The average Bonchev–Trinajstić information content (AvgIpc) is 2.61. The van der Waals surface area contributed by atoms with E-state index in [1.54, 1.807) is 12.5 Å². The molecule has 23 heavy (non-hydrogen) atoms. The summed E-state index contributed by atoms with van der Waals surface area (Å²) in [5.74, 6) is 3.23. The lowest BCUT2D eigenvalue weighted by molar-refractivity contribution is 0.216. The van der Waals surface area contributed by atoms with Crippen LogP contribution in [0.25, 0.3) is 0 Å². The van der Waals surface area contributed by atoms with Gasteiger partial charge in [0.25, 0.3) is 0 Å². The monoisotopic (exact) mass is 313 g/mol. The quantitative estimate of drug-likeness (QED) is 0.844. The molecule has 0 spiro atoms. The molecule has 3 heterocycles. The van der Waals surface area contributed by atoms with Gasteiger partial charge in [0.05, 0.1) is 6.61 Å². The molecule has 1 saturated heterocycles. The number of hydrogen-bond donors (Lipinski definition) is 0. The Hall–Kier alpha value is -2.37. The zero-order valence-corrected chi connectivity index (χ0v) is 13.7. The van der Waals surface area contributed by atoms with E-state index in [0.717, 1.165) is 44.2 Å². The molecule has 0 unspecified atom stereocenters. The fourth-order valence-corrected chi connectivity index (χ4v) is 2.72. The predicted octanol–water partition coefficient (Wildman–Crippen LogP) is 2.23. The second-order valence-electron chi connectivity index (χ2n) is 6.04. The molecule has 3 rings (SSSR count). The van der Waals surface area contributed by atoms with Crippen LogP contribution in [0.3, 0.4) is 0 Å². The lowest BCUT2D eigenvalue weighted by atomic mass is 9.98. The summed E-state index contributed by atoms with van der Waals surface area (Å²) in [6, 6.07) is 7.79. The largest absolute Gasteiger partial charge is 0.477 e. The first-order valence-electron chi connectivity index (χ1n) is 8.00. The summed E-state index contributed by atoms with van der Waals surface area (Å²) in [7, 11) is 3.99. The van der Waals surface area contributed by atoms with Crippen molar-refractivity contribution >= 4 is 11.6 Å². The minimum absolute atomic E-state index is 0.573. The zero-order chi connectivity index (χ0) is 16.1. The van der Waals surface area contributed by atoms with Crippen LogP contribution in [0.1, 0.15) is 12.8 Å². The van der Waals surface area contributed by atoms with Crippen LogP contribution in [0.4, 0.5) is 11.6 Å². The first-order chi connectivity index (χ1) is 11.2. The Balaban J connectivity index is 1.51. The van der Waals surface area contributed by atoms with Gasteiger partial charge in [-0.25, -0.2) is 15.0 Å². The van der Waals surface area contributed by atoms with Crippen molar-refractivity contribution in [1.29, 1.82) is 0 Å². The van der Waals surface area contributed by atoms with Gasteiger partial charge < -0.3 is 14.5 Å². The van der Waals surface area contributed by atoms with Crippen LogP contribution in [-0.4, -0.2) is 48.7 Å². The molecule has 0 N–H and O–H groups in total. The fraction of sp³-hybridized carbons (Fsp3) is 0.471. The smallest absolute Gasteiger partial charge is 0.213 e. The highest BCUT2D eigenvalue weighted by Gasteiger charge is 2.21. The predicted molar refractivity (Wildman–Crippen MR) is 91.0 cm³/mol. The molecule has 0 bridgehead atoms. The Bertz CT molecular complexity index is 611. The molecule has 6 heteroatoms. The number of piperidine rings is 1. The van der Waals surface area contributed by atoms with Gasteiger partial charge in [0, 0.05) is 45.5 Å². The molecule has 0 radical (unpaired) electrons. The van der Waals surface area contributed by atoms with Crippen molar-refractivity contribution in [2.24, 2.45) is 5.92 Å². The first kappa shape index (κ1) is 15.5. The zero-order valence-electron chi connectivity index (χ0n) is 13.7. The Morgan fingerprint density at radius 3 is 2.70 bits per heavy atom. The Morgan fingerprint density at radius 2 is 2.00 bits per heavy atom. The maximum absolute atomic E-state index is 5.78. The Labute approximate surface area is 137 Å². The molecule has 1 aliphatic heterocycles. The molecular weight excluding hydrogens is 290 g/mol. The van der Waals surface area contributed by atoms with E-state index < -0.39 is 0 Å². The Morgan fingerprint density at radius 1 is 1.17 bits per heavy atom. The van der Waals surface area contributed by atoms with Gasteiger partial charge in [-0.3, -0.25) is 0 Å². The van der Waals surface area contributed by atoms with Gasteiger partial charge >= 0.3 is 0 Å². The molecule has 0 saturated carbocycles. The summed E-state index contributed by atoms with van der Waals surface area (Å²) < 4.78 is 5.78. The van der Waals surface area contributed by atoms with E-state index in [2.05, 4.69) is 19.9 Å². The second-order valence-corrected chi connectivity index (χ2v) is 6.04. The van der Waals surface area contributed by atoms with Crippen LogP contribution in [0.5, 0.6) is 5.88 Å². The summed E-state index contributed by atoms with van der Waals surface area (Å²) in [5.41, 5.74) is 0. The molecule has 0 atom stereocenters. The SMILES string of the molecule is CN(C)c1cc(N2CCC(COc3ccccn3)CC2)ncn1. The molecule has 0 aliphatic carbocycles. The number of rotatable bonds is 5. The molecule has 1 aliphatic rings. The third-order valence-electron chi connectivity index (χ3n) is 4.14. The van der Waals surface area contributed by atoms with Crippen LogP contribution in [-0.2, 0) is 0 Å². The van der Waals surface area contributed by atoms with E-state index in [4.69, 9.17) is 4.74 Å². The third-order valence-corrected chi connectivity index (χ3v) is 4.14. The standard InChI is InChI=1S/C17H23N5O/c1-21(2)15-11-16(20-13-19-15)22-9-6-14(7-10-22)12-23-17-5-3-4-8-18-17/h3-5,8,11,13-14H,6-7,9-10,12H2,1-2H3. The van der Waals surface area contributed by atoms with Gasteiger partial charge in [0.2, 0.25) is 5.88 Å². The van der Waals surface area contributed by atoms with Crippen LogP contribution < -0.4 is 14.5 Å². The van der Waals surface area contributed by atoms with Crippen molar-refractivity contribution in [2.75, 3.05) is 43.6 Å². The number of ether oxygens (including phenoxy) is 1. The normalized spacial score (nSPS) is 15.5. The summed E-state index contributed by atoms with van der Waals surface area (Å²) in [4.78, 5) is 17.2. The van der Waals surface area contributed by atoms with Crippen molar-refractivity contribution in [2.45, 2.75) is 12.8 Å². The maximum Gasteiger partial charge on any atom is 0.213 e.